The zero-order valence-electron chi connectivity index (χ0n) is 15.1. The largest absolute Gasteiger partial charge is 0.489 e. The Hall–Kier alpha value is -3.43. The van der Waals surface area contributed by atoms with Crippen LogP contribution < -0.4 is 10.1 Å². The molecule has 4 nitrogen and oxygen atoms in total. The van der Waals surface area contributed by atoms with Crippen LogP contribution in [-0.4, -0.2) is 9.97 Å². The molecule has 0 atom stereocenters. The van der Waals surface area contributed by atoms with Crippen molar-refractivity contribution in [2.45, 2.75) is 13.5 Å². The van der Waals surface area contributed by atoms with Gasteiger partial charge in [-0.3, -0.25) is 0 Å². The molecule has 0 fully saturated rings. The minimum Gasteiger partial charge on any atom is -0.489 e. The summed E-state index contributed by atoms with van der Waals surface area (Å²) in [6.45, 7) is 2.27. The van der Waals surface area contributed by atoms with Crippen LogP contribution in [0.1, 0.15) is 16.0 Å². The lowest BCUT2D eigenvalue weighted by Crippen LogP contribution is -1.99. The van der Waals surface area contributed by atoms with Crippen molar-refractivity contribution in [3.63, 3.8) is 0 Å². The number of anilines is 2. The molecule has 0 amide bonds. The van der Waals surface area contributed by atoms with Gasteiger partial charge in [0.1, 0.15) is 24.5 Å². The average molecular weight is 389 g/mol. The summed E-state index contributed by atoms with van der Waals surface area (Å²) in [5.41, 5.74) is 3.45. The standard InChI is InChI=1S/C22H16FN3OS/c1-3-18-11-19-21(28-18)22(25-13-24-19)26-17-7-8-20(14(2)9-17)27-12-15-5-4-6-16(23)10-15/h1,4-11,13H,12H2,2H3,(H,24,25,26). The predicted octanol–water partition coefficient (Wildman–Crippen LogP) is 5.44. The molecule has 2 aromatic carbocycles. The van der Waals surface area contributed by atoms with Crippen LogP contribution in [0.25, 0.3) is 10.2 Å². The van der Waals surface area contributed by atoms with Crippen molar-refractivity contribution in [2.24, 2.45) is 0 Å². The molecule has 4 rings (SSSR count). The lowest BCUT2D eigenvalue weighted by molar-refractivity contribution is 0.303. The van der Waals surface area contributed by atoms with E-state index in [-0.39, 0.29) is 5.82 Å². The molecule has 0 spiro atoms. The van der Waals surface area contributed by atoms with Gasteiger partial charge in [0.25, 0.3) is 0 Å². The van der Waals surface area contributed by atoms with Gasteiger partial charge in [0.15, 0.2) is 5.82 Å². The van der Waals surface area contributed by atoms with Gasteiger partial charge in [-0.2, -0.15) is 0 Å². The third-order valence-electron chi connectivity index (χ3n) is 4.17. The Balaban J connectivity index is 1.52. The molecule has 6 heteroatoms. The van der Waals surface area contributed by atoms with E-state index < -0.39 is 0 Å². The topological polar surface area (TPSA) is 47.0 Å². The van der Waals surface area contributed by atoms with Crippen molar-refractivity contribution in [1.82, 2.24) is 9.97 Å². The molecular weight excluding hydrogens is 373 g/mol. The molecule has 0 saturated heterocycles. The van der Waals surface area contributed by atoms with Gasteiger partial charge < -0.3 is 10.1 Å². The van der Waals surface area contributed by atoms with Gasteiger partial charge in [-0.05, 0) is 54.4 Å². The highest BCUT2D eigenvalue weighted by Crippen LogP contribution is 2.31. The monoisotopic (exact) mass is 389 g/mol. The van der Waals surface area contributed by atoms with Gasteiger partial charge in [0.2, 0.25) is 0 Å². The number of aromatic nitrogens is 2. The summed E-state index contributed by atoms with van der Waals surface area (Å²) in [5, 5.41) is 3.32. The number of rotatable bonds is 5. The fraction of sp³-hybridized carbons (Fsp3) is 0.0909. The summed E-state index contributed by atoms with van der Waals surface area (Å²) in [6.07, 6.45) is 7.00. The summed E-state index contributed by atoms with van der Waals surface area (Å²) in [4.78, 5) is 9.41. The van der Waals surface area contributed by atoms with Crippen LogP contribution in [0.4, 0.5) is 15.9 Å². The first-order valence-corrected chi connectivity index (χ1v) is 9.40. The van der Waals surface area contributed by atoms with Crippen LogP contribution in [0.15, 0.2) is 54.9 Å². The normalized spacial score (nSPS) is 10.6. The van der Waals surface area contributed by atoms with E-state index in [0.29, 0.717) is 12.4 Å². The lowest BCUT2D eigenvalue weighted by Gasteiger charge is -2.12. The SMILES string of the molecule is C#Cc1cc2ncnc(Nc3ccc(OCc4cccc(F)c4)c(C)c3)c2s1. The maximum Gasteiger partial charge on any atom is 0.151 e. The van der Waals surface area contributed by atoms with Gasteiger partial charge in [-0.25, -0.2) is 14.4 Å². The highest BCUT2D eigenvalue weighted by atomic mass is 32.1. The van der Waals surface area contributed by atoms with Crippen molar-refractivity contribution in [3.8, 4) is 18.1 Å². The van der Waals surface area contributed by atoms with E-state index in [4.69, 9.17) is 11.2 Å². The van der Waals surface area contributed by atoms with Crippen molar-refractivity contribution < 1.29 is 9.13 Å². The second-order valence-electron chi connectivity index (χ2n) is 6.22. The molecule has 1 N–H and O–H groups in total. The van der Waals surface area contributed by atoms with Gasteiger partial charge >= 0.3 is 0 Å². The Bertz CT molecular complexity index is 1200. The minimum atomic E-state index is -0.268. The number of aryl methyl sites for hydroxylation is 1. The molecule has 0 aliphatic heterocycles. The van der Waals surface area contributed by atoms with E-state index in [0.717, 1.165) is 37.7 Å². The number of thiophene rings is 1. The highest BCUT2D eigenvalue weighted by molar-refractivity contribution is 7.20. The Morgan fingerprint density at radius 3 is 2.86 bits per heavy atom. The summed E-state index contributed by atoms with van der Waals surface area (Å²) in [5.74, 6) is 3.83. The number of fused-ring (bicyclic) bond motifs is 1. The molecule has 0 saturated carbocycles. The number of hydrogen-bond donors (Lipinski definition) is 1. The zero-order chi connectivity index (χ0) is 19.5. The zero-order valence-corrected chi connectivity index (χ0v) is 15.9. The number of ether oxygens (including phenoxy) is 1. The van der Waals surface area contributed by atoms with Crippen LogP contribution in [0.5, 0.6) is 5.75 Å². The van der Waals surface area contributed by atoms with Crippen LogP contribution in [-0.2, 0) is 6.61 Å². The fourth-order valence-corrected chi connectivity index (χ4v) is 3.69. The molecular formula is C22H16FN3OS. The van der Waals surface area contributed by atoms with Crippen molar-refractivity contribution in [1.29, 1.82) is 0 Å². The maximum atomic E-state index is 13.3. The Labute approximate surface area is 166 Å². The van der Waals surface area contributed by atoms with Gasteiger partial charge in [-0.1, -0.05) is 18.1 Å². The number of nitrogens with one attached hydrogen (secondary N) is 1. The second kappa shape index (κ2) is 7.67. The number of benzene rings is 2. The molecule has 28 heavy (non-hydrogen) atoms. The summed E-state index contributed by atoms with van der Waals surface area (Å²) in [7, 11) is 0. The van der Waals surface area contributed by atoms with Crippen molar-refractivity contribution in [3.05, 3.63) is 76.7 Å². The molecule has 0 aliphatic rings. The first-order chi connectivity index (χ1) is 13.6. The van der Waals surface area contributed by atoms with Gasteiger partial charge in [0, 0.05) is 5.69 Å². The molecule has 138 valence electrons. The predicted molar refractivity (Wildman–Crippen MR) is 111 cm³/mol. The van der Waals surface area contributed by atoms with Gasteiger partial charge in [0.05, 0.1) is 15.1 Å². The van der Waals surface area contributed by atoms with Crippen molar-refractivity contribution in [2.75, 3.05) is 5.32 Å². The summed E-state index contributed by atoms with van der Waals surface area (Å²) >= 11 is 1.48. The van der Waals surface area contributed by atoms with E-state index in [1.54, 1.807) is 6.07 Å². The highest BCUT2D eigenvalue weighted by Gasteiger charge is 2.09. The third-order valence-corrected chi connectivity index (χ3v) is 5.24. The van der Waals surface area contributed by atoms with Crippen LogP contribution in [0.3, 0.4) is 0 Å². The first kappa shape index (κ1) is 18.0. The Morgan fingerprint density at radius 1 is 1.18 bits per heavy atom. The van der Waals surface area contributed by atoms with E-state index in [2.05, 4.69) is 21.2 Å². The quantitative estimate of drug-likeness (QED) is 0.462. The summed E-state index contributed by atoms with van der Waals surface area (Å²) in [6, 6.07) is 14.0. The fourth-order valence-electron chi connectivity index (χ4n) is 2.83. The van der Waals surface area contributed by atoms with Crippen LogP contribution in [0, 0.1) is 25.1 Å². The second-order valence-corrected chi connectivity index (χ2v) is 7.27. The Kier molecular flexibility index (Phi) is 4.92. The third kappa shape index (κ3) is 3.80. The molecule has 0 bridgehead atoms. The van der Waals surface area contributed by atoms with E-state index in [9.17, 15) is 4.39 Å². The maximum absolute atomic E-state index is 13.3. The smallest absolute Gasteiger partial charge is 0.151 e. The number of terminal acetylenes is 1. The number of nitrogens with zero attached hydrogens (tertiary/aromatic N) is 2. The Morgan fingerprint density at radius 2 is 2.07 bits per heavy atom. The summed E-state index contributed by atoms with van der Waals surface area (Å²) < 4.78 is 20.0. The number of halogens is 1. The average Bonchev–Trinajstić information content (AvgIpc) is 3.12. The molecule has 0 unspecified atom stereocenters. The van der Waals surface area contributed by atoms with E-state index in [1.165, 1.54) is 29.8 Å². The molecule has 2 heterocycles. The van der Waals surface area contributed by atoms with E-state index >= 15 is 0 Å². The molecule has 2 aromatic heterocycles. The van der Waals surface area contributed by atoms with E-state index in [1.807, 2.05) is 37.3 Å². The molecule has 0 radical (unpaired) electrons. The molecule has 4 aromatic rings. The first-order valence-electron chi connectivity index (χ1n) is 8.58. The van der Waals surface area contributed by atoms with Crippen molar-refractivity contribution >= 4 is 33.1 Å². The van der Waals surface area contributed by atoms with Gasteiger partial charge in [-0.15, -0.1) is 17.8 Å². The molecule has 0 aliphatic carbocycles. The minimum absolute atomic E-state index is 0.268. The lowest BCUT2D eigenvalue weighted by atomic mass is 10.2. The number of hydrogen-bond acceptors (Lipinski definition) is 5. The van der Waals surface area contributed by atoms with Crippen LogP contribution >= 0.6 is 11.3 Å². The van der Waals surface area contributed by atoms with Crippen LogP contribution in [0.2, 0.25) is 0 Å².